The molecule has 3 nitrogen and oxygen atoms in total. The number of hydrogen-bond donors (Lipinski definition) is 1. The van der Waals surface area contributed by atoms with Gasteiger partial charge in [0.1, 0.15) is 0 Å². The van der Waals surface area contributed by atoms with Gasteiger partial charge in [0.15, 0.2) is 0 Å². The Balaban J connectivity index is 4.36. The SMILES string of the molecule is CCN=CC(C)C(C)C(OC)C(O)CC. The molecule has 4 atom stereocenters. The van der Waals surface area contributed by atoms with Crippen LogP contribution in [0, 0.1) is 11.8 Å². The van der Waals surface area contributed by atoms with Gasteiger partial charge in [0.25, 0.3) is 0 Å². The minimum atomic E-state index is -0.387. The maximum absolute atomic E-state index is 9.79. The predicted octanol–water partition coefficient (Wildman–Crippen LogP) is 2.14. The standard InChI is InChI=1S/C12H25NO2/c1-6-11(14)12(15-5)10(4)9(3)8-13-7-2/h8-12,14H,6-7H2,1-5H3. The van der Waals surface area contributed by atoms with E-state index in [9.17, 15) is 5.11 Å². The molecule has 0 fully saturated rings. The molecule has 0 rings (SSSR count). The molecule has 3 heteroatoms. The first-order valence-corrected chi connectivity index (χ1v) is 5.79. The van der Waals surface area contributed by atoms with Crippen LogP contribution in [0.1, 0.15) is 34.1 Å². The highest BCUT2D eigenvalue weighted by Crippen LogP contribution is 2.20. The third-order valence-electron chi connectivity index (χ3n) is 2.94. The number of aliphatic hydroxyl groups excluding tert-OH is 1. The molecular formula is C12H25NO2. The highest BCUT2D eigenvalue weighted by molar-refractivity contribution is 5.60. The Bertz CT molecular complexity index is 182. The van der Waals surface area contributed by atoms with Crippen LogP contribution in [0.2, 0.25) is 0 Å². The normalized spacial score (nSPS) is 20.1. The van der Waals surface area contributed by atoms with Gasteiger partial charge in [-0.3, -0.25) is 4.99 Å². The van der Waals surface area contributed by atoms with Crippen molar-refractivity contribution in [1.29, 1.82) is 0 Å². The lowest BCUT2D eigenvalue weighted by Crippen LogP contribution is -2.37. The molecule has 0 saturated heterocycles. The molecule has 90 valence electrons. The van der Waals surface area contributed by atoms with Crippen LogP contribution in [-0.2, 0) is 4.74 Å². The number of hydrogen-bond acceptors (Lipinski definition) is 3. The summed E-state index contributed by atoms with van der Waals surface area (Å²) in [6, 6.07) is 0. The number of methoxy groups -OCH3 is 1. The minimum Gasteiger partial charge on any atom is -0.390 e. The predicted molar refractivity (Wildman–Crippen MR) is 64.5 cm³/mol. The van der Waals surface area contributed by atoms with Gasteiger partial charge >= 0.3 is 0 Å². The minimum absolute atomic E-state index is 0.103. The van der Waals surface area contributed by atoms with Crippen molar-refractivity contribution in [2.45, 2.75) is 46.3 Å². The monoisotopic (exact) mass is 215 g/mol. The number of ether oxygens (including phenoxy) is 1. The molecule has 0 radical (unpaired) electrons. The molecule has 0 heterocycles. The summed E-state index contributed by atoms with van der Waals surface area (Å²) in [7, 11) is 1.66. The summed E-state index contributed by atoms with van der Waals surface area (Å²) in [5.74, 6) is 0.608. The van der Waals surface area contributed by atoms with Crippen LogP contribution in [0.15, 0.2) is 4.99 Å². The van der Waals surface area contributed by atoms with Gasteiger partial charge in [0.05, 0.1) is 12.2 Å². The van der Waals surface area contributed by atoms with Crippen molar-refractivity contribution in [3.8, 4) is 0 Å². The molecule has 0 bridgehead atoms. The third-order valence-corrected chi connectivity index (χ3v) is 2.94. The summed E-state index contributed by atoms with van der Waals surface area (Å²) >= 11 is 0. The van der Waals surface area contributed by atoms with E-state index in [1.807, 2.05) is 20.1 Å². The average molecular weight is 215 g/mol. The molecule has 0 aliphatic carbocycles. The van der Waals surface area contributed by atoms with E-state index < -0.39 is 0 Å². The van der Waals surface area contributed by atoms with Crippen LogP contribution in [0.3, 0.4) is 0 Å². The lowest BCUT2D eigenvalue weighted by atomic mass is 9.88. The van der Waals surface area contributed by atoms with E-state index in [0.717, 1.165) is 13.0 Å². The molecule has 0 aromatic carbocycles. The summed E-state index contributed by atoms with van der Waals surface area (Å²) < 4.78 is 5.35. The van der Waals surface area contributed by atoms with Crippen LogP contribution < -0.4 is 0 Å². The van der Waals surface area contributed by atoms with E-state index in [4.69, 9.17) is 4.74 Å². The first-order chi connectivity index (χ1) is 7.08. The maximum Gasteiger partial charge on any atom is 0.0861 e. The van der Waals surface area contributed by atoms with Crippen molar-refractivity contribution in [2.75, 3.05) is 13.7 Å². The van der Waals surface area contributed by atoms with Gasteiger partial charge in [0, 0.05) is 19.9 Å². The lowest BCUT2D eigenvalue weighted by Gasteiger charge is -2.29. The smallest absolute Gasteiger partial charge is 0.0861 e. The first-order valence-electron chi connectivity index (χ1n) is 5.79. The van der Waals surface area contributed by atoms with Gasteiger partial charge in [-0.15, -0.1) is 0 Å². The van der Waals surface area contributed by atoms with E-state index in [1.165, 1.54) is 0 Å². The van der Waals surface area contributed by atoms with Crippen molar-refractivity contribution in [2.24, 2.45) is 16.8 Å². The molecule has 1 N–H and O–H groups in total. The van der Waals surface area contributed by atoms with E-state index in [-0.39, 0.29) is 18.1 Å². The van der Waals surface area contributed by atoms with E-state index in [2.05, 4.69) is 18.8 Å². The number of nitrogens with zero attached hydrogens (tertiary/aromatic N) is 1. The van der Waals surface area contributed by atoms with Gasteiger partial charge < -0.3 is 9.84 Å². The Morgan fingerprint density at radius 1 is 1.33 bits per heavy atom. The molecular weight excluding hydrogens is 190 g/mol. The second-order valence-electron chi connectivity index (χ2n) is 4.04. The van der Waals surface area contributed by atoms with Gasteiger partial charge in [-0.1, -0.05) is 20.8 Å². The molecule has 0 spiro atoms. The number of aliphatic imine (C=N–C) groups is 1. The summed E-state index contributed by atoms with van der Waals surface area (Å²) in [6.07, 6.45) is 2.19. The van der Waals surface area contributed by atoms with Crippen LogP contribution in [0.4, 0.5) is 0 Å². The van der Waals surface area contributed by atoms with Crippen LogP contribution in [0.25, 0.3) is 0 Å². The Labute approximate surface area is 93.6 Å². The van der Waals surface area contributed by atoms with Crippen molar-refractivity contribution in [3.05, 3.63) is 0 Å². The Kier molecular flexibility index (Phi) is 7.61. The average Bonchev–Trinajstić information content (AvgIpc) is 2.26. The van der Waals surface area contributed by atoms with E-state index in [0.29, 0.717) is 5.92 Å². The fourth-order valence-corrected chi connectivity index (χ4v) is 1.66. The Morgan fingerprint density at radius 3 is 2.33 bits per heavy atom. The number of rotatable bonds is 7. The van der Waals surface area contributed by atoms with Crippen LogP contribution in [0.5, 0.6) is 0 Å². The fraction of sp³-hybridized carbons (Fsp3) is 0.917. The van der Waals surface area contributed by atoms with E-state index >= 15 is 0 Å². The maximum atomic E-state index is 9.79. The first kappa shape index (κ1) is 14.6. The van der Waals surface area contributed by atoms with E-state index in [1.54, 1.807) is 7.11 Å². The summed E-state index contributed by atoms with van der Waals surface area (Å²) in [4.78, 5) is 4.23. The van der Waals surface area contributed by atoms with Crippen molar-refractivity contribution < 1.29 is 9.84 Å². The molecule has 0 saturated carbocycles. The third kappa shape index (κ3) is 4.76. The van der Waals surface area contributed by atoms with Crippen LogP contribution in [-0.4, -0.2) is 37.2 Å². The zero-order valence-corrected chi connectivity index (χ0v) is 10.6. The van der Waals surface area contributed by atoms with Gasteiger partial charge in [-0.05, 0) is 25.2 Å². The second-order valence-corrected chi connectivity index (χ2v) is 4.04. The second kappa shape index (κ2) is 7.83. The quantitative estimate of drug-likeness (QED) is 0.661. The molecule has 0 amide bonds. The van der Waals surface area contributed by atoms with Crippen molar-refractivity contribution in [1.82, 2.24) is 0 Å². The Hall–Kier alpha value is -0.410. The zero-order chi connectivity index (χ0) is 11.8. The number of aliphatic hydroxyl groups is 1. The highest BCUT2D eigenvalue weighted by Gasteiger charge is 2.27. The van der Waals surface area contributed by atoms with Crippen molar-refractivity contribution in [3.63, 3.8) is 0 Å². The highest BCUT2D eigenvalue weighted by atomic mass is 16.5. The van der Waals surface area contributed by atoms with Gasteiger partial charge in [-0.2, -0.15) is 0 Å². The molecule has 0 aliphatic heterocycles. The van der Waals surface area contributed by atoms with Gasteiger partial charge in [-0.25, -0.2) is 0 Å². The topological polar surface area (TPSA) is 41.8 Å². The van der Waals surface area contributed by atoms with Crippen LogP contribution >= 0.6 is 0 Å². The fourth-order valence-electron chi connectivity index (χ4n) is 1.66. The lowest BCUT2D eigenvalue weighted by molar-refractivity contribution is -0.0485. The molecule has 0 aromatic heterocycles. The largest absolute Gasteiger partial charge is 0.390 e. The molecule has 4 unspecified atom stereocenters. The van der Waals surface area contributed by atoms with Gasteiger partial charge in [0.2, 0.25) is 0 Å². The summed E-state index contributed by atoms with van der Waals surface area (Å²) in [5.41, 5.74) is 0. The Morgan fingerprint density at radius 2 is 1.93 bits per heavy atom. The summed E-state index contributed by atoms with van der Waals surface area (Å²) in [5, 5.41) is 9.79. The molecule has 0 aromatic rings. The zero-order valence-electron chi connectivity index (χ0n) is 10.6. The molecule has 0 aliphatic rings. The summed E-state index contributed by atoms with van der Waals surface area (Å²) in [6.45, 7) is 9.00. The van der Waals surface area contributed by atoms with Crippen molar-refractivity contribution >= 4 is 6.21 Å². The molecule has 15 heavy (non-hydrogen) atoms.